The van der Waals surface area contributed by atoms with E-state index in [9.17, 15) is 9.90 Å². The molecule has 2 aromatic carbocycles. The first-order valence-electron chi connectivity index (χ1n) is 9.26. The number of fused-ring (bicyclic) bond motifs is 1. The van der Waals surface area contributed by atoms with Gasteiger partial charge in [0.2, 0.25) is 0 Å². The second kappa shape index (κ2) is 6.58. The van der Waals surface area contributed by atoms with Gasteiger partial charge in [0.1, 0.15) is 4.83 Å². The number of carbonyl (C=O) groups is 1. The van der Waals surface area contributed by atoms with E-state index in [1.807, 2.05) is 42.5 Å². The van der Waals surface area contributed by atoms with Crippen LogP contribution in [-0.4, -0.2) is 16.1 Å². The van der Waals surface area contributed by atoms with Crippen LogP contribution in [0.25, 0.3) is 31.8 Å². The van der Waals surface area contributed by atoms with Crippen molar-refractivity contribution in [2.45, 2.75) is 18.3 Å². The maximum atomic E-state index is 11.5. The molecule has 4 nitrogen and oxygen atoms in total. The lowest BCUT2D eigenvalue weighted by atomic mass is 9.93. The van der Waals surface area contributed by atoms with Crippen LogP contribution >= 0.6 is 22.9 Å². The summed E-state index contributed by atoms with van der Waals surface area (Å²) < 4.78 is 0. The SMILES string of the molecule is Nc1c(-c2ccc(-c3ccc(C4(C(=O)O)CC4)cc3)cc2)sc2ncc(Cl)cc12. The molecule has 0 unspecified atom stereocenters. The van der Waals surface area contributed by atoms with Crippen LogP contribution in [0.5, 0.6) is 0 Å². The van der Waals surface area contributed by atoms with Gasteiger partial charge in [-0.3, -0.25) is 4.79 Å². The predicted molar refractivity (Wildman–Crippen MR) is 118 cm³/mol. The third-order valence-electron chi connectivity index (χ3n) is 5.63. The van der Waals surface area contributed by atoms with Gasteiger partial charge in [-0.2, -0.15) is 0 Å². The van der Waals surface area contributed by atoms with Gasteiger partial charge in [-0.25, -0.2) is 4.98 Å². The smallest absolute Gasteiger partial charge is 0.314 e. The zero-order chi connectivity index (χ0) is 20.2. The molecule has 0 saturated heterocycles. The maximum absolute atomic E-state index is 11.5. The first-order chi connectivity index (χ1) is 14.0. The Kier molecular flexibility index (Phi) is 4.12. The molecule has 6 heteroatoms. The van der Waals surface area contributed by atoms with Crippen molar-refractivity contribution in [2.75, 3.05) is 5.73 Å². The number of hydrogen-bond donors (Lipinski definition) is 2. The topological polar surface area (TPSA) is 76.2 Å². The van der Waals surface area contributed by atoms with Crippen molar-refractivity contribution in [1.82, 2.24) is 4.98 Å². The van der Waals surface area contributed by atoms with E-state index in [0.29, 0.717) is 23.6 Å². The summed E-state index contributed by atoms with van der Waals surface area (Å²) in [6.07, 6.45) is 3.06. The minimum atomic E-state index is -0.730. The van der Waals surface area contributed by atoms with E-state index in [0.717, 1.165) is 37.3 Å². The van der Waals surface area contributed by atoms with E-state index in [4.69, 9.17) is 17.3 Å². The predicted octanol–water partition coefficient (Wildman–Crippen LogP) is 5.98. The number of carboxylic acids is 1. The van der Waals surface area contributed by atoms with Crippen molar-refractivity contribution >= 4 is 44.8 Å². The van der Waals surface area contributed by atoms with Gasteiger partial charge < -0.3 is 10.8 Å². The van der Waals surface area contributed by atoms with Gasteiger partial charge in [-0.05, 0) is 41.2 Å². The summed E-state index contributed by atoms with van der Waals surface area (Å²) >= 11 is 7.60. The second-order valence-electron chi connectivity index (χ2n) is 7.39. The van der Waals surface area contributed by atoms with Crippen molar-refractivity contribution in [3.8, 4) is 21.6 Å². The molecule has 0 radical (unpaired) electrons. The van der Waals surface area contributed by atoms with E-state index in [1.165, 1.54) is 0 Å². The summed E-state index contributed by atoms with van der Waals surface area (Å²) in [5.74, 6) is -0.730. The number of carboxylic acid groups (broad SMARTS) is 1. The van der Waals surface area contributed by atoms with E-state index < -0.39 is 11.4 Å². The van der Waals surface area contributed by atoms with Crippen molar-refractivity contribution in [3.05, 3.63) is 71.4 Å². The van der Waals surface area contributed by atoms with Gasteiger partial charge in [0.25, 0.3) is 0 Å². The van der Waals surface area contributed by atoms with Crippen LogP contribution in [0.2, 0.25) is 5.02 Å². The number of thiophene rings is 1. The number of nitrogens with two attached hydrogens (primary N) is 1. The number of nitrogen functional groups attached to an aromatic ring is 1. The van der Waals surface area contributed by atoms with E-state index in [2.05, 4.69) is 17.1 Å². The van der Waals surface area contributed by atoms with Crippen LogP contribution in [0.3, 0.4) is 0 Å². The molecule has 1 aliphatic rings. The van der Waals surface area contributed by atoms with Crippen LogP contribution in [0.4, 0.5) is 5.69 Å². The van der Waals surface area contributed by atoms with Gasteiger partial charge in [0.15, 0.2) is 0 Å². The monoisotopic (exact) mass is 420 g/mol. The number of rotatable bonds is 4. The fourth-order valence-corrected chi connectivity index (χ4v) is 4.95. The molecule has 1 saturated carbocycles. The number of hydrogen-bond acceptors (Lipinski definition) is 4. The molecule has 2 heterocycles. The molecule has 1 fully saturated rings. The van der Waals surface area contributed by atoms with Gasteiger partial charge in [-0.15, -0.1) is 11.3 Å². The number of halogens is 1. The molecule has 0 amide bonds. The normalized spacial score (nSPS) is 14.8. The first-order valence-corrected chi connectivity index (χ1v) is 10.5. The highest BCUT2D eigenvalue weighted by Gasteiger charge is 2.51. The Morgan fingerprint density at radius 2 is 1.62 bits per heavy atom. The van der Waals surface area contributed by atoms with Gasteiger partial charge in [-0.1, -0.05) is 60.1 Å². The number of aliphatic carboxylic acids is 1. The highest BCUT2D eigenvalue weighted by molar-refractivity contribution is 7.22. The highest BCUT2D eigenvalue weighted by atomic mass is 35.5. The summed E-state index contributed by atoms with van der Waals surface area (Å²) in [5, 5.41) is 10.9. The lowest BCUT2D eigenvalue weighted by Crippen LogP contribution is -2.19. The zero-order valence-corrected chi connectivity index (χ0v) is 16.9. The fourth-order valence-electron chi connectivity index (χ4n) is 3.74. The third kappa shape index (κ3) is 2.98. The van der Waals surface area contributed by atoms with Crippen LogP contribution in [0.15, 0.2) is 60.8 Å². The van der Waals surface area contributed by atoms with Crippen molar-refractivity contribution in [2.24, 2.45) is 0 Å². The average Bonchev–Trinajstić information content (AvgIpc) is 3.49. The fraction of sp³-hybridized carbons (Fsp3) is 0.130. The molecule has 4 aromatic rings. The van der Waals surface area contributed by atoms with E-state index in [-0.39, 0.29) is 0 Å². The highest BCUT2D eigenvalue weighted by Crippen LogP contribution is 2.48. The van der Waals surface area contributed by atoms with Crippen molar-refractivity contribution in [3.63, 3.8) is 0 Å². The minimum Gasteiger partial charge on any atom is -0.481 e. The molecular formula is C23H17ClN2O2S. The standard InChI is InChI=1S/C23H17ClN2O2S/c24-17-11-18-19(25)20(29-21(18)26-12-17)15-3-1-13(2-4-15)14-5-7-16(8-6-14)23(9-10-23)22(27)28/h1-8,11-12H,9-10,25H2,(H,27,28). The molecular weight excluding hydrogens is 404 g/mol. The van der Waals surface area contributed by atoms with E-state index in [1.54, 1.807) is 17.5 Å². The Morgan fingerprint density at radius 3 is 2.21 bits per heavy atom. The number of aromatic nitrogens is 1. The van der Waals surface area contributed by atoms with Crippen molar-refractivity contribution < 1.29 is 9.90 Å². The molecule has 1 aliphatic carbocycles. The Labute approximate surface area is 176 Å². The first kappa shape index (κ1) is 18.2. The van der Waals surface area contributed by atoms with Gasteiger partial charge >= 0.3 is 5.97 Å². The van der Waals surface area contributed by atoms with Crippen molar-refractivity contribution in [1.29, 1.82) is 0 Å². The van der Waals surface area contributed by atoms with Crippen LogP contribution < -0.4 is 5.73 Å². The molecule has 2 aromatic heterocycles. The lowest BCUT2D eigenvalue weighted by Gasteiger charge is -2.11. The van der Waals surface area contributed by atoms with Gasteiger partial charge in [0.05, 0.1) is 21.0 Å². The Hall–Kier alpha value is -2.89. The summed E-state index contributed by atoms with van der Waals surface area (Å²) in [6, 6.07) is 17.9. The lowest BCUT2D eigenvalue weighted by molar-refractivity contribution is -0.140. The molecule has 0 atom stereocenters. The van der Waals surface area contributed by atoms with Gasteiger partial charge in [0, 0.05) is 11.6 Å². The summed E-state index contributed by atoms with van der Waals surface area (Å²) in [5.41, 5.74) is 10.4. The number of pyridine rings is 1. The summed E-state index contributed by atoms with van der Waals surface area (Å²) in [4.78, 5) is 17.7. The average molecular weight is 421 g/mol. The summed E-state index contributed by atoms with van der Waals surface area (Å²) in [6.45, 7) is 0. The van der Waals surface area contributed by atoms with Crippen LogP contribution in [-0.2, 0) is 10.2 Å². The second-order valence-corrected chi connectivity index (χ2v) is 8.83. The zero-order valence-electron chi connectivity index (χ0n) is 15.4. The van der Waals surface area contributed by atoms with Crippen LogP contribution in [0, 0.1) is 0 Å². The molecule has 29 heavy (non-hydrogen) atoms. The Morgan fingerprint density at radius 1 is 1.03 bits per heavy atom. The maximum Gasteiger partial charge on any atom is 0.314 e. The number of benzene rings is 2. The molecule has 144 valence electrons. The quantitative estimate of drug-likeness (QED) is 0.425. The molecule has 5 rings (SSSR count). The van der Waals surface area contributed by atoms with E-state index >= 15 is 0 Å². The minimum absolute atomic E-state index is 0.572. The molecule has 3 N–H and O–H groups in total. The van der Waals surface area contributed by atoms with Crippen LogP contribution in [0.1, 0.15) is 18.4 Å². The molecule has 0 aliphatic heterocycles. The molecule has 0 bridgehead atoms. The Balaban J connectivity index is 1.45. The largest absolute Gasteiger partial charge is 0.481 e. The summed E-state index contributed by atoms with van der Waals surface area (Å²) in [7, 11) is 0. The molecule has 0 spiro atoms. The third-order valence-corrected chi connectivity index (χ3v) is 7.01. The number of anilines is 1. The Bertz CT molecular complexity index is 1240. The number of nitrogens with zero attached hydrogens (tertiary/aromatic N) is 1.